The Morgan fingerprint density at radius 1 is 1.50 bits per heavy atom. The maximum atomic E-state index is 9.34. The normalized spacial score (nSPS) is 17.9. The van der Waals surface area contributed by atoms with Crippen molar-refractivity contribution in [2.45, 2.75) is 18.9 Å². The Morgan fingerprint density at radius 2 is 2.40 bits per heavy atom. The van der Waals surface area contributed by atoms with Gasteiger partial charge in [-0.05, 0) is 31.5 Å². The van der Waals surface area contributed by atoms with Gasteiger partial charge >= 0.3 is 0 Å². The van der Waals surface area contributed by atoms with Gasteiger partial charge in [-0.3, -0.25) is 4.57 Å². The minimum atomic E-state index is 0.286. The maximum absolute atomic E-state index is 9.34. The SMILES string of the molecule is COc1cccc(C#N)c1-n1cncc1[C@@H]1CCCN1. The molecule has 20 heavy (non-hydrogen) atoms. The average molecular weight is 268 g/mol. The third-order valence-corrected chi connectivity index (χ3v) is 3.66. The summed E-state index contributed by atoms with van der Waals surface area (Å²) in [6.45, 7) is 1.02. The van der Waals surface area contributed by atoms with Crippen LogP contribution in [0.2, 0.25) is 0 Å². The lowest BCUT2D eigenvalue weighted by molar-refractivity contribution is 0.412. The van der Waals surface area contributed by atoms with Crippen molar-refractivity contribution >= 4 is 0 Å². The van der Waals surface area contributed by atoms with E-state index in [0.29, 0.717) is 11.3 Å². The first-order chi connectivity index (χ1) is 9.85. The van der Waals surface area contributed by atoms with Gasteiger partial charge in [0.1, 0.15) is 17.5 Å². The van der Waals surface area contributed by atoms with Crippen LogP contribution < -0.4 is 10.1 Å². The van der Waals surface area contributed by atoms with Crippen molar-refractivity contribution < 1.29 is 4.74 Å². The highest BCUT2D eigenvalue weighted by Gasteiger charge is 2.22. The zero-order valence-electron chi connectivity index (χ0n) is 11.3. The van der Waals surface area contributed by atoms with E-state index >= 15 is 0 Å². The van der Waals surface area contributed by atoms with Crippen molar-refractivity contribution in [3.05, 3.63) is 42.0 Å². The summed E-state index contributed by atoms with van der Waals surface area (Å²) in [5, 5.41) is 12.8. The largest absolute Gasteiger partial charge is 0.495 e. The molecule has 1 aromatic heterocycles. The van der Waals surface area contributed by atoms with Gasteiger partial charge in [0.05, 0.1) is 30.9 Å². The molecule has 0 aliphatic carbocycles. The standard InChI is InChI=1S/C15H16N4O/c1-20-14-6-2-4-11(8-16)15(14)19-10-17-9-13(19)12-5-3-7-18-12/h2,4,6,9-10,12,18H,3,5,7H2,1H3/t12-/m0/s1. The topological polar surface area (TPSA) is 62.9 Å². The monoisotopic (exact) mass is 268 g/mol. The fourth-order valence-electron chi connectivity index (χ4n) is 2.71. The Bertz CT molecular complexity index is 650. The van der Waals surface area contributed by atoms with E-state index in [9.17, 15) is 5.26 Å². The van der Waals surface area contributed by atoms with Crippen LogP contribution in [-0.4, -0.2) is 23.2 Å². The van der Waals surface area contributed by atoms with Crippen LogP contribution in [0.25, 0.3) is 5.69 Å². The first kappa shape index (κ1) is 12.7. The number of rotatable bonds is 3. The van der Waals surface area contributed by atoms with E-state index < -0.39 is 0 Å². The molecule has 1 atom stereocenters. The minimum Gasteiger partial charge on any atom is -0.495 e. The first-order valence-electron chi connectivity index (χ1n) is 6.68. The number of hydrogen-bond acceptors (Lipinski definition) is 4. The molecule has 5 nitrogen and oxygen atoms in total. The number of imidazole rings is 1. The second kappa shape index (κ2) is 5.35. The summed E-state index contributed by atoms with van der Waals surface area (Å²) in [7, 11) is 1.62. The molecule has 1 fully saturated rings. The summed E-state index contributed by atoms with van der Waals surface area (Å²) < 4.78 is 7.37. The van der Waals surface area contributed by atoms with E-state index in [-0.39, 0.29) is 6.04 Å². The van der Waals surface area contributed by atoms with Gasteiger partial charge in [-0.15, -0.1) is 0 Å². The van der Waals surface area contributed by atoms with Gasteiger partial charge in [0.15, 0.2) is 0 Å². The van der Waals surface area contributed by atoms with Gasteiger partial charge in [-0.1, -0.05) is 6.07 Å². The lowest BCUT2D eigenvalue weighted by Gasteiger charge is -2.17. The number of nitrogens with one attached hydrogen (secondary N) is 1. The maximum Gasteiger partial charge on any atom is 0.144 e. The predicted molar refractivity (Wildman–Crippen MR) is 74.8 cm³/mol. The van der Waals surface area contributed by atoms with E-state index in [1.165, 1.54) is 0 Å². The molecule has 1 saturated heterocycles. The highest BCUT2D eigenvalue weighted by atomic mass is 16.5. The lowest BCUT2D eigenvalue weighted by atomic mass is 10.1. The summed E-state index contributed by atoms with van der Waals surface area (Å²) in [5.74, 6) is 0.682. The van der Waals surface area contributed by atoms with Gasteiger partial charge < -0.3 is 10.1 Å². The Kier molecular flexibility index (Phi) is 3.40. The molecule has 0 radical (unpaired) electrons. The van der Waals surface area contributed by atoms with Crippen LogP contribution in [0, 0.1) is 11.3 Å². The molecule has 1 aliphatic rings. The summed E-state index contributed by atoms with van der Waals surface area (Å²) >= 11 is 0. The third kappa shape index (κ3) is 2.04. The summed E-state index contributed by atoms with van der Waals surface area (Å²) in [4.78, 5) is 4.25. The van der Waals surface area contributed by atoms with Gasteiger partial charge in [0, 0.05) is 6.04 Å². The van der Waals surface area contributed by atoms with E-state index in [1.54, 1.807) is 19.5 Å². The van der Waals surface area contributed by atoms with Crippen LogP contribution in [0.3, 0.4) is 0 Å². The Balaban J connectivity index is 2.14. The number of ether oxygens (including phenoxy) is 1. The molecule has 5 heteroatoms. The summed E-state index contributed by atoms with van der Waals surface area (Å²) in [5.41, 5.74) is 2.42. The third-order valence-electron chi connectivity index (χ3n) is 3.66. The molecular formula is C15H16N4O. The number of methoxy groups -OCH3 is 1. The zero-order valence-corrected chi connectivity index (χ0v) is 11.3. The Morgan fingerprint density at radius 3 is 3.10 bits per heavy atom. The molecule has 0 spiro atoms. The predicted octanol–water partition coefficient (Wildman–Crippen LogP) is 2.18. The molecule has 102 valence electrons. The highest BCUT2D eigenvalue weighted by molar-refractivity contribution is 5.58. The number of nitriles is 1. The van der Waals surface area contributed by atoms with Crippen molar-refractivity contribution in [2.24, 2.45) is 0 Å². The molecular weight excluding hydrogens is 252 g/mol. The molecule has 0 amide bonds. The van der Waals surface area contributed by atoms with E-state index in [4.69, 9.17) is 4.74 Å². The van der Waals surface area contributed by atoms with E-state index in [2.05, 4.69) is 16.4 Å². The molecule has 0 bridgehead atoms. The van der Waals surface area contributed by atoms with Crippen molar-refractivity contribution in [1.82, 2.24) is 14.9 Å². The molecule has 3 rings (SSSR count). The van der Waals surface area contributed by atoms with Gasteiger partial charge in [-0.2, -0.15) is 5.26 Å². The Hall–Kier alpha value is -2.32. The van der Waals surface area contributed by atoms with Crippen LogP contribution in [0.15, 0.2) is 30.7 Å². The second-order valence-electron chi connectivity index (χ2n) is 4.81. The number of hydrogen-bond donors (Lipinski definition) is 1. The smallest absolute Gasteiger partial charge is 0.144 e. The number of para-hydroxylation sites is 1. The molecule has 0 saturated carbocycles. The van der Waals surface area contributed by atoms with Crippen LogP contribution in [0.4, 0.5) is 0 Å². The molecule has 1 aromatic carbocycles. The first-order valence-corrected chi connectivity index (χ1v) is 6.68. The second-order valence-corrected chi connectivity index (χ2v) is 4.81. The molecule has 1 aliphatic heterocycles. The Labute approximate surface area is 117 Å². The number of nitrogens with zero attached hydrogens (tertiary/aromatic N) is 3. The zero-order chi connectivity index (χ0) is 13.9. The van der Waals surface area contributed by atoms with Crippen LogP contribution in [0.1, 0.15) is 30.1 Å². The van der Waals surface area contributed by atoms with E-state index in [0.717, 1.165) is 30.8 Å². The summed E-state index contributed by atoms with van der Waals surface area (Å²) in [6.07, 6.45) is 5.85. The average Bonchev–Trinajstić information content (AvgIpc) is 3.16. The van der Waals surface area contributed by atoms with E-state index in [1.807, 2.05) is 22.9 Å². The lowest BCUT2D eigenvalue weighted by Crippen LogP contribution is -2.16. The van der Waals surface area contributed by atoms with Gasteiger partial charge in [-0.25, -0.2) is 4.98 Å². The highest BCUT2D eigenvalue weighted by Crippen LogP contribution is 2.31. The van der Waals surface area contributed by atoms with Crippen LogP contribution in [-0.2, 0) is 0 Å². The van der Waals surface area contributed by atoms with Gasteiger partial charge in [0.2, 0.25) is 0 Å². The summed E-state index contributed by atoms with van der Waals surface area (Å²) in [6, 6.07) is 8.00. The fourth-order valence-corrected chi connectivity index (χ4v) is 2.71. The molecule has 2 aromatic rings. The quantitative estimate of drug-likeness (QED) is 0.926. The molecule has 0 unspecified atom stereocenters. The minimum absolute atomic E-state index is 0.286. The number of aromatic nitrogens is 2. The van der Waals surface area contributed by atoms with Crippen molar-refractivity contribution in [1.29, 1.82) is 5.26 Å². The molecule has 2 heterocycles. The van der Waals surface area contributed by atoms with Crippen molar-refractivity contribution in [3.63, 3.8) is 0 Å². The van der Waals surface area contributed by atoms with Crippen LogP contribution >= 0.6 is 0 Å². The number of benzene rings is 1. The fraction of sp³-hybridized carbons (Fsp3) is 0.333. The van der Waals surface area contributed by atoms with Crippen molar-refractivity contribution in [2.75, 3.05) is 13.7 Å². The van der Waals surface area contributed by atoms with Crippen LogP contribution in [0.5, 0.6) is 5.75 Å². The molecule has 1 N–H and O–H groups in total. The van der Waals surface area contributed by atoms with Gasteiger partial charge in [0.25, 0.3) is 0 Å². The van der Waals surface area contributed by atoms with Crippen molar-refractivity contribution in [3.8, 4) is 17.5 Å².